The number of rotatable bonds is 4. The molecule has 7 heteroatoms. The highest BCUT2D eigenvalue weighted by Crippen LogP contribution is 2.32. The van der Waals surface area contributed by atoms with Crippen molar-refractivity contribution >= 4 is 11.7 Å². The average molecular weight is 423 g/mol. The van der Waals surface area contributed by atoms with Crippen molar-refractivity contribution < 1.29 is 14.3 Å². The van der Waals surface area contributed by atoms with Gasteiger partial charge < -0.3 is 19.3 Å². The third kappa shape index (κ3) is 4.45. The molecule has 0 spiro atoms. The van der Waals surface area contributed by atoms with Crippen LogP contribution in [0.25, 0.3) is 0 Å². The van der Waals surface area contributed by atoms with E-state index in [0.29, 0.717) is 30.4 Å². The highest BCUT2D eigenvalue weighted by molar-refractivity contribution is 5.95. The molecule has 2 saturated heterocycles. The lowest BCUT2D eigenvalue weighted by molar-refractivity contribution is 0.0689. The van der Waals surface area contributed by atoms with Crippen LogP contribution in [0, 0.1) is 12.8 Å². The van der Waals surface area contributed by atoms with Gasteiger partial charge >= 0.3 is 0 Å². The maximum atomic E-state index is 13.0. The first-order chi connectivity index (χ1) is 15.2. The van der Waals surface area contributed by atoms with Crippen LogP contribution in [0.15, 0.2) is 24.3 Å². The molecule has 31 heavy (non-hydrogen) atoms. The summed E-state index contributed by atoms with van der Waals surface area (Å²) in [5.74, 6) is 3.93. The third-order valence-corrected chi connectivity index (χ3v) is 6.50. The van der Waals surface area contributed by atoms with Gasteiger partial charge in [0.1, 0.15) is 24.9 Å². The van der Waals surface area contributed by atoms with Gasteiger partial charge in [0.2, 0.25) is 0 Å². The molecular formula is C24H30N4O3. The van der Waals surface area contributed by atoms with Crippen LogP contribution in [0.1, 0.15) is 47.6 Å². The van der Waals surface area contributed by atoms with Gasteiger partial charge in [0.25, 0.3) is 5.91 Å². The number of carbonyl (C=O) groups excluding carboxylic acids is 1. The molecule has 5 rings (SSSR count). The molecule has 1 amide bonds. The predicted molar refractivity (Wildman–Crippen MR) is 118 cm³/mol. The van der Waals surface area contributed by atoms with Crippen molar-refractivity contribution in [2.24, 2.45) is 5.92 Å². The van der Waals surface area contributed by atoms with Crippen molar-refractivity contribution in [2.75, 3.05) is 44.3 Å². The van der Waals surface area contributed by atoms with E-state index in [2.05, 4.69) is 16.0 Å². The van der Waals surface area contributed by atoms with Gasteiger partial charge in [0.05, 0.1) is 0 Å². The second-order valence-electron chi connectivity index (χ2n) is 8.76. The smallest absolute Gasteiger partial charge is 0.253 e. The van der Waals surface area contributed by atoms with Gasteiger partial charge in [0.15, 0.2) is 11.5 Å². The van der Waals surface area contributed by atoms with E-state index in [1.807, 2.05) is 30.0 Å². The first-order valence-electron chi connectivity index (χ1n) is 11.4. The Balaban J connectivity index is 1.19. The van der Waals surface area contributed by atoms with Gasteiger partial charge in [-0.2, -0.15) is 0 Å². The zero-order valence-corrected chi connectivity index (χ0v) is 18.2. The molecule has 7 nitrogen and oxygen atoms in total. The SMILES string of the molecule is Cc1nc(CC2CCN(C(=O)c3ccc4c(c3)OCCO4)CC2)cc(N2CCCC2)n1. The monoisotopic (exact) mass is 422 g/mol. The van der Waals surface area contributed by atoms with Crippen LogP contribution in [0.5, 0.6) is 11.5 Å². The second kappa shape index (κ2) is 8.73. The van der Waals surface area contributed by atoms with Gasteiger partial charge in [-0.05, 0) is 63.1 Å². The molecule has 0 aliphatic carbocycles. The van der Waals surface area contributed by atoms with E-state index in [1.165, 1.54) is 12.8 Å². The minimum absolute atomic E-state index is 0.0737. The molecule has 164 valence electrons. The lowest BCUT2D eigenvalue weighted by Crippen LogP contribution is -2.39. The fourth-order valence-corrected chi connectivity index (χ4v) is 4.82. The number of amides is 1. The van der Waals surface area contributed by atoms with Crippen LogP contribution in [-0.4, -0.2) is 60.2 Å². The fourth-order valence-electron chi connectivity index (χ4n) is 4.82. The highest BCUT2D eigenvalue weighted by Gasteiger charge is 2.26. The van der Waals surface area contributed by atoms with Crippen LogP contribution in [-0.2, 0) is 6.42 Å². The van der Waals surface area contributed by atoms with Crippen molar-refractivity contribution in [2.45, 2.75) is 39.0 Å². The Morgan fingerprint density at radius 2 is 1.74 bits per heavy atom. The van der Waals surface area contributed by atoms with E-state index in [-0.39, 0.29) is 5.91 Å². The van der Waals surface area contributed by atoms with Crippen LogP contribution in [0.4, 0.5) is 5.82 Å². The van der Waals surface area contributed by atoms with E-state index >= 15 is 0 Å². The van der Waals surface area contributed by atoms with Gasteiger partial charge in [-0.25, -0.2) is 9.97 Å². The number of hydrogen-bond acceptors (Lipinski definition) is 6. The first-order valence-corrected chi connectivity index (χ1v) is 11.4. The molecule has 1 aromatic heterocycles. The van der Waals surface area contributed by atoms with E-state index in [9.17, 15) is 4.79 Å². The van der Waals surface area contributed by atoms with Gasteiger partial charge in [0, 0.05) is 43.5 Å². The number of piperidine rings is 1. The van der Waals surface area contributed by atoms with Gasteiger partial charge in [-0.3, -0.25) is 4.79 Å². The normalized spacial score (nSPS) is 19.0. The zero-order chi connectivity index (χ0) is 21.2. The quantitative estimate of drug-likeness (QED) is 0.754. The number of ether oxygens (including phenoxy) is 2. The zero-order valence-electron chi connectivity index (χ0n) is 18.2. The van der Waals surface area contributed by atoms with E-state index in [4.69, 9.17) is 14.5 Å². The molecule has 0 bridgehead atoms. The molecule has 1 aromatic carbocycles. The number of nitrogens with zero attached hydrogens (tertiary/aromatic N) is 4. The number of anilines is 1. The molecule has 0 saturated carbocycles. The largest absolute Gasteiger partial charge is 0.486 e. The molecule has 2 fully saturated rings. The Kier molecular flexibility index (Phi) is 5.66. The predicted octanol–water partition coefficient (Wildman–Crippen LogP) is 3.25. The molecule has 2 aromatic rings. The number of aromatic nitrogens is 2. The Morgan fingerprint density at radius 3 is 2.52 bits per heavy atom. The van der Waals surface area contributed by atoms with Gasteiger partial charge in [-0.15, -0.1) is 0 Å². The molecule has 0 unspecified atom stereocenters. The highest BCUT2D eigenvalue weighted by atomic mass is 16.6. The number of aryl methyl sites for hydroxylation is 1. The summed E-state index contributed by atoms with van der Waals surface area (Å²) in [6.07, 6.45) is 5.44. The van der Waals surface area contributed by atoms with Crippen molar-refractivity contribution in [3.63, 3.8) is 0 Å². The van der Waals surface area contributed by atoms with Crippen LogP contribution in [0.3, 0.4) is 0 Å². The molecule has 3 aliphatic heterocycles. The van der Waals surface area contributed by atoms with Crippen LogP contribution >= 0.6 is 0 Å². The molecule has 0 N–H and O–H groups in total. The second-order valence-corrected chi connectivity index (χ2v) is 8.76. The number of fused-ring (bicyclic) bond motifs is 1. The summed E-state index contributed by atoms with van der Waals surface area (Å²) >= 11 is 0. The van der Waals surface area contributed by atoms with E-state index in [0.717, 1.165) is 68.5 Å². The summed E-state index contributed by atoms with van der Waals surface area (Å²) in [6.45, 7) is 6.81. The molecule has 4 heterocycles. The Labute approximate surface area is 183 Å². The van der Waals surface area contributed by atoms with E-state index in [1.54, 1.807) is 0 Å². The molecule has 3 aliphatic rings. The van der Waals surface area contributed by atoms with Crippen molar-refractivity contribution in [1.82, 2.24) is 14.9 Å². The Hall–Kier alpha value is -2.83. The van der Waals surface area contributed by atoms with Crippen molar-refractivity contribution in [3.05, 3.63) is 41.3 Å². The van der Waals surface area contributed by atoms with Crippen molar-refractivity contribution in [3.8, 4) is 11.5 Å². The standard InChI is InChI=1S/C24H30N4O3/c1-17-25-20(16-23(26-17)27-8-2-3-9-27)14-18-6-10-28(11-7-18)24(29)19-4-5-21-22(15-19)31-13-12-30-21/h4-5,15-16,18H,2-3,6-14H2,1H3. The number of hydrogen-bond donors (Lipinski definition) is 0. The number of likely N-dealkylation sites (tertiary alicyclic amines) is 1. The van der Waals surface area contributed by atoms with Gasteiger partial charge in [-0.1, -0.05) is 0 Å². The Bertz CT molecular complexity index is 950. The molecular weight excluding hydrogens is 392 g/mol. The minimum Gasteiger partial charge on any atom is -0.486 e. The summed E-state index contributed by atoms with van der Waals surface area (Å²) in [4.78, 5) is 26.7. The number of benzene rings is 1. The lowest BCUT2D eigenvalue weighted by Gasteiger charge is -2.32. The Morgan fingerprint density at radius 1 is 1.00 bits per heavy atom. The maximum Gasteiger partial charge on any atom is 0.253 e. The summed E-state index contributed by atoms with van der Waals surface area (Å²) in [5.41, 5.74) is 1.80. The van der Waals surface area contributed by atoms with Crippen molar-refractivity contribution in [1.29, 1.82) is 0 Å². The maximum absolute atomic E-state index is 13.0. The van der Waals surface area contributed by atoms with Crippen LogP contribution < -0.4 is 14.4 Å². The fraction of sp³-hybridized carbons (Fsp3) is 0.542. The van der Waals surface area contributed by atoms with Crippen LogP contribution in [0.2, 0.25) is 0 Å². The first kappa shape index (κ1) is 20.1. The summed E-state index contributed by atoms with van der Waals surface area (Å²) in [6, 6.07) is 7.66. The molecule has 0 atom stereocenters. The third-order valence-electron chi connectivity index (χ3n) is 6.50. The summed E-state index contributed by atoms with van der Waals surface area (Å²) in [7, 11) is 0. The summed E-state index contributed by atoms with van der Waals surface area (Å²) < 4.78 is 11.2. The number of carbonyl (C=O) groups is 1. The average Bonchev–Trinajstić information content (AvgIpc) is 3.34. The minimum atomic E-state index is 0.0737. The molecule has 0 radical (unpaired) electrons. The van der Waals surface area contributed by atoms with E-state index < -0.39 is 0 Å². The summed E-state index contributed by atoms with van der Waals surface area (Å²) in [5, 5.41) is 0. The topological polar surface area (TPSA) is 67.8 Å². The lowest BCUT2D eigenvalue weighted by atomic mass is 9.91.